The monoisotopic (exact) mass is 444 g/mol. The van der Waals surface area contributed by atoms with Crippen molar-refractivity contribution in [2.75, 3.05) is 6.54 Å². The highest BCUT2D eigenvalue weighted by atomic mass is 19.1. The van der Waals surface area contributed by atoms with Gasteiger partial charge in [0.15, 0.2) is 5.58 Å². The molecular weight excluding hydrogens is 421 g/mol. The maximum atomic E-state index is 15.3. The van der Waals surface area contributed by atoms with Gasteiger partial charge in [0.2, 0.25) is 0 Å². The fourth-order valence-corrected chi connectivity index (χ4v) is 4.41. The Morgan fingerprint density at radius 3 is 2.59 bits per heavy atom. The lowest BCUT2D eigenvalue weighted by molar-refractivity contribution is -0.131. The molecule has 2 atom stereocenters. The number of benzene rings is 2. The van der Waals surface area contributed by atoms with Gasteiger partial charge in [0.25, 0.3) is 0 Å². The summed E-state index contributed by atoms with van der Waals surface area (Å²) in [4.78, 5) is 12.5. The van der Waals surface area contributed by atoms with E-state index in [1.54, 1.807) is 11.0 Å². The van der Waals surface area contributed by atoms with E-state index in [-0.39, 0.29) is 23.7 Å². The lowest BCUT2D eigenvalue weighted by Gasteiger charge is -2.44. The summed E-state index contributed by atoms with van der Waals surface area (Å²) < 4.78 is 50.6. The molecule has 1 aliphatic heterocycles. The Labute approximate surface area is 183 Å². The average Bonchev–Trinajstić information content (AvgIpc) is 3.13. The molecule has 0 radical (unpaired) electrons. The molecule has 1 N–H and O–H groups in total. The molecule has 5 nitrogen and oxygen atoms in total. The van der Waals surface area contributed by atoms with Gasteiger partial charge in [0.05, 0.1) is 12.2 Å². The van der Waals surface area contributed by atoms with Crippen LogP contribution in [-0.4, -0.2) is 39.4 Å². The first-order chi connectivity index (χ1) is 15.0. The second kappa shape index (κ2) is 8.09. The van der Waals surface area contributed by atoms with Crippen molar-refractivity contribution in [3.05, 3.63) is 70.4 Å². The second-order valence-corrected chi connectivity index (χ2v) is 8.83. The Balaban J connectivity index is 1.91. The molecule has 2 aromatic carbocycles. The number of aromatic nitrogens is 1. The van der Waals surface area contributed by atoms with Gasteiger partial charge in [-0.3, -0.25) is 4.90 Å². The predicted molar refractivity (Wildman–Crippen MR) is 114 cm³/mol. The number of rotatable bonds is 5. The first-order valence-corrected chi connectivity index (χ1v) is 10.3. The Hall–Kier alpha value is -3.13. The Morgan fingerprint density at radius 1 is 1.28 bits per heavy atom. The molecule has 3 aromatic rings. The van der Waals surface area contributed by atoms with Crippen LogP contribution in [0.2, 0.25) is 0 Å². The van der Waals surface area contributed by atoms with Crippen LogP contribution in [0.5, 0.6) is 0 Å². The highest BCUT2D eigenvalue weighted by Gasteiger charge is 2.39. The quantitative estimate of drug-likeness (QED) is 0.542. The van der Waals surface area contributed by atoms with Crippen molar-refractivity contribution < 1.29 is 27.6 Å². The number of carboxylic acids is 1. The third-order valence-corrected chi connectivity index (χ3v) is 5.67. The van der Waals surface area contributed by atoms with Gasteiger partial charge in [-0.15, -0.1) is 0 Å². The van der Waals surface area contributed by atoms with Crippen molar-refractivity contribution in [3.63, 3.8) is 0 Å². The van der Waals surface area contributed by atoms with E-state index in [9.17, 15) is 9.18 Å². The van der Waals surface area contributed by atoms with E-state index < -0.39 is 29.3 Å². The maximum Gasteiger partial charge on any atom is 0.328 e. The maximum absolute atomic E-state index is 15.3. The second-order valence-electron chi connectivity index (χ2n) is 8.83. The first kappa shape index (κ1) is 22.1. The van der Waals surface area contributed by atoms with Crippen LogP contribution in [0.4, 0.5) is 13.2 Å². The number of nitrogens with zero attached hydrogens (tertiary/aromatic N) is 2. The summed E-state index contributed by atoms with van der Waals surface area (Å²) in [6.07, 6.45) is 4.02. The lowest BCUT2D eigenvalue weighted by atomic mass is 9.83. The molecule has 0 fully saturated rings. The SMILES string of the molecule is CC1Cc2cc3oncc3cc2C(c2c(F)cc(/C=C/C(=O)O)cc2F)N1CC(C)(C)F. The van der Waals surface area contributed by atoms with Crippen LogP contribution in [0.1, 0.15) is 49.1 Å². The van der Waals surface area contributed by atoms with E-state index in [1.165, 1.54) is 20.0 Å². The summed E-state index contributed by atoms with van der Waals surface area (Å²) in [6.45, 7) is 4.73. The highest BCUT2D eigenvalue weighted by Crippen LogP contribution is 2.42. The third kappa shape index (κ3) is 4.27. The summed E-state index contributed by atoms with van der Waals surface area (Å²) >= 11 is 0. The van der Waals surface area contributed by atoms with Crippen molar-refractivity contribution in [2.45, 2.75) is 44.9 Å². The van der Waals surface area contributed by atoms with Gasteiger partial charge in [-0.1, -0.05) is 5.16 Å². The number of alkyl halides is 1. The van der Waals surface area contributed by atoms with Gasteiger partial charge in [0.1, 0.15) is 17.3 Å². The minimum absolute atomic E-state index is 0.0283. The van der Waals surface area contributed by atoms with E-state index in [4.69, 9.17) is 9.63 Å². The van der Waals surface area contributed by atoms with E-state index in [1.807, 2.05) is 13.0 Å². The molecule has 8 heteroatoms. The molecule has 2 unspecified atom stereocenters. The fraction of sp³-hybridized carbons (Fsp3) is 0.333. The van der Waals surface area contributed by atoms with Gasteiger partial charge in [-0.05, 0) is 74.2 Å². The Bertz CT molecular complexity index is 1190. The fourth-order valence-electron chi connectivity index (χ4n) is 4.41. The molecular formula is C24H23F3N2O3. The lowest BCUT2D eigenvalue weighted by Crippen LogP contribution is -2.48. The van der Waals surface area contributed by atoms with Crippen molar-refractivity contribution in [1.29, 1.82) is 0 Å². The number of halogens is 3. The van der Waals surface area contributed by atoms with Crippen molar-refractivity contribution in [3.8, 4) is 0 Å². The molecule has 1 aromatic heterocycles. The Kier molecular flexibility index (Phi) is 5.58. The molecule has 4 rings (SSSR count). The van der Waals surface area contributed by atoms with Crippen LogP contribution < -0.4 is 0 Å². The molecule has 0 saturated heterocycles. The van der Waals surface area contributed by atoms with Crippen LogP contribution in [0, 0.1) is 11.6 Å². The van der Waals surface area contributed by atoms with Crippen LogP contribution >= 0.6 is 0 Å². The normalized spacial score (nSPS) is 19.6. The van der Waals surface area contributed by atoms with Crippen LogP contribution in [-0.2, 0) is 11.2 Å². The number of carboxylic acid groups (broad SMARTS) is 1. The van der Waals surface area contributed by atoms with Gasteiger partial charge in [-0.25, -0.2) is 18.0 Å². The zero-order valence-electron chi connectivity index (χ0n) is 17.9. The molecule has 0 spiro atoms. The highest BCUT2D eigenvalue weighted by molar-refractivity contribution is 5.85. The largest absolute Gasteiger partial charge is 0.478 e. The molecule has 0 saturated carbocycles. The summed E-state index contributed by atoms with van der Waals surface area (Å²) in [7, 11) is 0. The number of carbonyl (C=O) groups is 1. The molecule has 1 aliphatic rings. The number of hydrogen-bond acceptors (Lipinski definition) is 4. The van der Waals surface area contributed by atoms with Crippen LogP contribution in [0.3, 0.4) is 0 Å². The molecule has 2 heterocycles. The van der Waals surface area contributed by atoms with E-state index in [0.29, 0.717) is 23.0 Å². The van der Waals surface area contributed by atoms with Crippen LogP contribution in [0.25, 0.3) is 17.0 Å². The first-order valence-electron chi connectivity index (χ1n) is 10.3. The van der Waals surface area contributed by atoms with Crippen molar-refractivity contribution in [1.82, 2.24) is 10.1 Å². The molecule has 0 amide bonds. The van der Waals surface area contributed by atoms with Gasteiger partial charge < -0.3 is 9.63 Å². The van der Waals surface area contributed by atoms with Crippen molar-refractivity contribution >= 4 is 23.0 Å². The molecule has 168 valence electrons. The molecule has 32 heavy (non-hydrogen) atoms. The van der Waals surface area contributed by atoms with E-state index in [2.05, 4.69) is 5.16 Å². The zero-order valence-corrected chi connectivity index (χ0v) is 17.9. The molecule has 0 bridgehead atoms. The van der Waals surface area contributed by atoms with E-state index >= 15 is 8.78 Å². The summed E-state index contributed by atoms with van der Waals surface area (Å²) in [5.41, 5.74) is 0.377. The summed E-state index contributed by atoms with van der Waals surface area (Å²) in [6, 6.07) is 4.71. The van der Waals surface area contributed by atoms with Gasteiger partial charge in [-0.2, -0.15) is 0 Å². The van der Waals surface area contributed by atoms with Crippen LogP contribution in [0.15, 0.2) is 41.1 Å². The van der Waals surface area contributed by atoms with E-state index in [0.717, 1.165) is 29.8 Å². The number of aliphatic carboxylic acids is 1. The third-order valence-electron chi connectivity index (χ3n) is 5.67. The minimum atomic E-state index is -1.59. The zero-order chi connectivity index (χ0) is 23.2. The summed E-state index contributed by atoms with van der Waals surface area (Å²) in [5, 5.41) is 13.3. The molecule has 0 aliphatic carbocycles. The Morgan fingerprint density at radius 2 is 1.97 bits per heavy atom. The predicted octanol–water partition coefficient (Wildman–Crippen LogP) is 5.29. The number of fused-ring (bicyclic) bond motifs is 2. The van der Waals surface area contributed by atoms with Gasteiger partial charge >= 0.3 is 5.97 Å². The average molecular weight is 444 g/mol. The smallest absolute Gasteiger partial charge is 0.328 e. The minimum Gasteiger partial charge on any atom is -0.478 e. The number of hydrogen-bond donors (Lipinski definition) is 1. The standard InChI is InChI=1S/C24H23F3N2O3/c1-13-6-15-10-20-16(11-28-32-20)9-17(15)23(29(13)12-24(2,3)27)22-18(25)7-14(8-19(22)26)4-5-21(30)31/h4-5,7-11,13,23H,6,12H2,1-3H3,(H,30,31)/b5-4+. The topological polar surface area (TPSA) is 66.6 Å². The van der Waals surface area contributed by atoms with Gasteiger partial charge in [0, 0.05) is 29.6 Å². The van der Waals surface area contributed by atoms with Crippen molar-refractivity contribution in [2.24, 2.45) is 0 Å². The summed E-state index contributed by atoms with van der Waals surface area (Å²) in [5.74, 6) is -2.88.